The predicted molar refractivity (Wildman–Crippen MR) is 97.3 cm³/mol. The highest BCUT2D eigenvalue weighted by molar-refractivity contribution is 5.99. The third-order valence-corrected chi connectivity index (χ3v) is 5.14. The van der Waals surface area contributed by atoms with Crippen molar-refractivity contribution in [3.8, 4) is 0 Å². The molecule has 3 heterocycles. The molecule has 26 heavy (non-hydrogen) atoms. The van der Waals surface area contributed by atoms with E-state index in [1.54, 1.807) is 16.8 Å². The van der Waals surface area contributed by atoms with Crippen molar-refractivity contribution in [1.82, 2.24) is 19.4 Å². The number of ether oxygens (including phenoxy) is 1. The van der Waals surface area contributed by atoms with E-state index in [1.165, 1.54) is 0 Å². The van der Waals surface area contributed by atoms with Gasteiger partial charge in [-0.25, -0.2) is 4.98 Å². The Bertz CT molecular complexity index is 856. The smallest absolute Gasteiger partial charge is 0.254 e. The zero-order chi connectivity index (χ0) is 18.3. The van der Waals surface area contributed by atoms with E-state index in [-0.39, 0.29) is 18.4 Å². The van der Waals surface area contributed by atoms with E-state index in [0.717, 1.165) is 30.1 Å². The van der Waals surface area contributed by atoms with Crippen LogP contribution in [0.2, 0.25) is 0 Å². The van der Waals surface area contributed by atoms with Crippen LogP contribution < -0.4 is 4.90 Å². The number of carbonyl (C=O) groups excluding carboxylic acids is 2. The third kappa shape index (κ3) is 2.90. The summed E-state index contributed by atoms with van der Waals surface area (Å²) in [5, 5.41) is 0. The molecule has 0 atom stereocenters. The normalized spacial score (nSPS) is 18.7. The van der Waals surface area contributed by atoms with E-state index in [4.69, 9.17) is 9.72 Å². The molecule has 0 aliphatic carbocycles. The molecule has 2 aliphatic rings. The summed E-state index contributed by atoms with van der Waals surface area (Å²) >= 11 is 0. The van der Waals surface area contributed by atoms with Crippen molar-refractivity contribution in [2.24, 2.45) is 7.05 Å². The molecule has 0 unspecified atom stereocenters. The zero-order valence-corrected chi connectivity index (χ0v) is 15.1. The Morgan fingerprint density at radius 1 is 1.12 bits per heavy atom. The van der Waals surface area contributed by atoms with Gasteiger partial charge in [-0.2, -0.15) is 0 Å². The van der Waals surface area contributed by atoms with Crippen LogP contribution in [0.25, 0.3) is 11.0 Å². The van der Waals surface area contributed by atoms with Crippen molar-refractivity contribution in [2.45, 2.75) is 0 Å². The number of aryl methyl sites for hydroxylation is 1. The number of hydrogen-bond acceptors (Lipinski definition) is 5. The van der Waals surface area contributed by atoms with Gasteiger partial charge in [-0.1, -0.05) is 0 Å². The molecule has 8 nitrogen and oxygen atoms in total. The van der Waals surface area contributed by atoms with E-state index in [9.17, 15) is 9.59 Å². The molecular formula is C18H23N5O3. The number of aromatic nitrogens is 2. The lowest BCUT2D eigenvalue weighted by Crippen LogP contribution is -2.50. The van der Waals surface area contributed by atoms with Crippen molar-refractivity contribution in [2.75, 3.05) is 57.9 Å². The van der Waals surface area contributed by atoms with Crippen LogP contribution >= 0.6 is 0 Å². The quantitative estimate of drug-likeness (QED) is 0.774. The maximum Gasteiger partial charge on any atom is 0.254 e. The highest BCUT2D eigenvalue weighted by Gasteiger charge is 2.26. The second kappa shape index (κ2) is 6.60. The number of nitrogens with zero attached hydrogens (tertiary/aromatic N) is 5. The number of fused-ring (bicyclic) bond motifs is 1. The maximum absolute atomic E-state index is 12.8. The molecule has 4 rings (SSSR count). The van der Waals surface area contributed by atoms with Gasteiger partial charge < -0.3 is 24.0 Å². The Hall–Kier alpha value is -2.61. The number of piperazine rings is 1. The fraction of sp³-hybridized carbons (Fsp3) is 0.500. The predicted octanol–water partition coefficient (Wildman–Crippen LogP) is 0.324. The number of hydrogen-bond donors (Lipinski definition) is 0. The molecule has 8 heteroatoms. The number of anilines is 1. The van der Waals surface area contributed by atoms with Crippen LogP contribution in [0.15, 0.2) is 18.2 Å². The third-order valence-electron chi connectivity index (χ3n) is 5.14. The van der Waals surface area contributed by atoms with E-state index in [1.807, 2.05) is 29.8 Å². The average Bonchev–Trinajstić information content (AvgIpc) is 3.00. The van der Waals surface area contributed by atoms with Gasteiger partial charge in [-0.15, -0.1) is 0 Å². The van der Waals surface area contributed by atoms with Crippen molar-refractivity contribution in [3.63, 3.8) is 0 Å². The van der Waals surface area contributed by atoms with Crippen molar-refractivity contribution >= 4 is 28.8 Å². The molecule has 0 bridgehead atoms. The summed E-state index contributed by atoms with van der Waals surface area (Å²) in [7, 11) is 3.75. The Kier molecular flexibility index (Phi) is 4.28. The summed E-state index contributed by atoms with van der Waals surface area (Å²) < 4.78 is 7.46. The molecule has 0 spiro atoms. The second-order valence-electron chi connectivity index (χ2n) is 6.82. The summed E-state index contributed by atoms with van der Waals surface area (Å²) in [4.78, 5) is 34.9. The number of benzene rings is 1. The molecule has 2 amide bonds. The standard InChI is InChI=1S/C18H23N5O3/c1-20-5-6-23(12-16(20)24)17(25)13-3-4-15-14(11-13)19-18(21(15)2)22-7-9-26-10-8-22/h3-4,11H,5-10,12H2,1-2H3. The summed E-state index contributed by atoms with van der Waals surface area (Å²) in [5.41, 5.74) is 2.35. The van der Waals surface area contributed by atoms with Gasteiger partial charge in [0.2, 0.25) is 11.9 Å². The summed E-state index contributed by atoms with van der Waals surface area (Å²) in [6, 6.07) is 5.57. The fourth-order valence-corrected chi connectivity index (χ4v) is 3.48. The van der Waals surface area contributed by atoms with Crippen LogP contribution in [0.1, 0.15) is 10.4 Å². The number of morpholine rings is 1. The van der Waals surface area contributed by atoms with Crippen LogP contribution in [0.4, 0.5) is 5.95 Å². The minimum absolute atomic E-state index is 0.0295. The van der Waals surface area contributed by atoms with Gasteiger partial charge >= 0.3 is 0 Å². The van der Waals surface area contributed by atoms with Gasteiger partial charge in [-0.05, 0) is 18.2 Å². The topological polar surface area (TPSA) is 70.9 Å². The molecule has 138 valence electrons. The van der Waals surface area contributed by atoms with Gasteiger partial charge in [0, 0.05) is 45.8 Å². The lowest BCUT2D eigenvalue weighted by molar-refractivity contribution is -0.133. The van der Waals surface area contributed by atoms with Crippen molar-refractivity contribution in [1.29, 1.82) is 0 Å². The van der Waals surface area contributed by atoms with Crippen LogP contribution in [0.3, 0.4) is 0 Å². The highest BCUT2D eigenvalue weighted by Crippen LogP contribution is 2.23. The van der Waals surface area contributed by atoms with Gasteiger partial charge in [0.25, 0.3) is 5.91 Å². The lowest BCUT2D eigenvalue weighted by atomic mass is 10.1. The fourth-order valence-electron chi connectivity index (χ4n) is 3.48. The minimum Gasteiger partial charge on any atom is -0.378 e. The van der Waals surface area contributed by atoms with Gasteiger partial charge in [-0.3, -0.25) is 9.59 Å². The monoisotopic (exact) mass is 357 g/mol. The minimum atomic E-state index is -0.119. The molecule has 2 fully saturated rings. The first-order chi connectivity index (χ1) is 12.5. The first kappa shape index (κ1) is 16.8. The molecule has 0 N–H and O–H groups in total. The first-order valence-electron chi connectivity index (χ1n) is 8.87. The lowest BCUT2D eigenvalue weighted by Gasteiger charge is -2.32. The Balaban J connectivity index is 1.61. The van der Waals surface area contributed by atoms with E-state index in [0.29, 0.717) is 31.9 Å². The largest absolute Gasteiger partial charge is 0.378 e. The van der Waals surface area contributed by atoms with Crippen molar-refractivity contribution < 1.29 is 14.3 Å². The molecule has 2 saturated heterocycles. The molecule has 2 aliphatic heterocycles. The van der Waals surface area contributed by atoms with Crippen LogP contribution in [-0.2, 0) is 16.6 Å². The molecule has 2 aromatic rings. The van der Waals surface area contributed by atoms with E-state index in [2.05, 4.69) is 4.90 Å². The number of rotatable bonds is 2. The summed E-state index contributed by atoms with van der Waals surface area (Å²) in [5.74, 6) is 0.743. The van der Waals surface area contributed by atoms with Crippen LogP contribution in [0, 0.1) is 0 Å². The SMILES string of the molecule is CN1CCN(C(=O)c2ccc3c(c2)nc(N2CCOCC2)n3C)CC1=O. The Morgan fingerprint density at radius 3 is 2.62 bits per heavy atom. The molecule has 0 saturated carbocycles. The van der Waals surface area contributed by atoms with E-state index >= 15 is 0 Å². The first-order valence-corrected chi connectivity index (χ1v) is 8.87. The summed E-state index contributed by atoms with van der Waals surface area (Å²) in [6.45, 7) is 4.28. The average molecular weight is 357 g/mol. The number of carbonyl (C=O) groups is 2. The van der Waals surface area contributed by atoms with Crippen LogP contribution in [0.5, 0.6) is 0 Å². The summed E-state index contributed by atoms with van der Waals surface area (Å²) in [6.07, 6.45) is 0. The Labute approximate surface area is 151 Å². The number of amides is 2. The zero-order valence-electron chi connectivity index (χ0n) is 15.1. The van der Waals surface area contributed by atoms with Gasteiger partial charge in [0.1, 0.15) is 6.54 Å². The van der Waals surface area contributed by atoms with Gasteiger partial charge in [0.05, 0.1) is 24.2 Å². The number of imidazole rings is 1. The molecule has 0 radical (unpaired) electrons. The highest BCUT2D eigenvalue weighted by atomic mass is 16.5. The van der Waals surface area contributed by atoms with Crippen LogP contribution in [-0.4, -0.2) is 84.2 Å². The second-order valence-corrected chi connectivity index (χ2v) is 6.82. The van der Waals surface area contributed by atoms with Gasteiger partial charge in [0.15, 0.2) is 0 Å². The Morgan fingerprint density at radius 2 is 1.88 bits per heavy atom. The molecular weight excluding hydrogens is 334 g/mol. The van der Waals surface area contributed by atoms with Crippen molar-refractivity contribution in [3.05, 3.63) is 23.8 Å². The number of likely N-dealkylation sites (N-methyl/N-ethyl adjacent to an activating group) is 1. The molecule has 1 aromatic heterocycles. The van der Waals surface area contributed by atoms with E-state index < -0.39 is 0 Å². The molecule has 1 aromatic carbocycles. The maximum atomic E-state index is 12.8.